The molecule has 1 amide bonds. The van der Waals surface area contributed by atoms with Crippen molar-refractivity contribution in [1.29, 1.82) is 0 Å². The summed E-state index contributed by atoms with van der Waals surface area (Å²) in [7, 11) is 0. The van der Waals surface area contributed by atoms with Gasteiger partial charge in [-0.2, -0.15) is 0 Å². The van der Waals surface area contributed by atoms with E-state index in [1.165, 1.54) is 19.1 Å². The van der Waals surface area contributed by atoms with Crippen LogP contribution in [-0.4, -0.2) is 18.2 Å². The number of para-hydroxylation sites is 1. The zero-order valence-electron chi connectivity index (χ0n) is 13.8. The number of nitrogens with two attached hydrogens (primary N) is 1. The fourth-order valence-electron chi connectivity index (χ4n) is 2.40. The summed E-state index contributed by atoms with van der Waals surface area (Å²) in [6.45, 7) is 3.34. The third-order valence-electron chi connectivity index (χ3n) is 3.77. The van der Waals surface area contributed by atoms with Gasteiger partial charge in [-0.1, -0.05) is 35.3 Å². The molecule has 0 bridgehead atoms. The number of ketones is 1. The molecule has 0 radical (unpaired) electrons. The standard InChI is InChI=1S/C18H17Cl2FN2O2/c1-10(13-7-16(21)15(20)8-14(13)19)22-9-18(25)23-17-6-4-3-5-12(17)11(2)24/h3-8,10,22H,9H2,1-2H3,(H,23,25)/p+1/t10-/m1/s1. The first-order chi connectivity index (χ1) is 11.8. The molecule has 0 saturated heterocycles. The fourth-order valence-corrected chi connectivity index (χ4v) is 2.95. The average molecular weight is 384 g/mol. The zero-order valence-corrected chi connectivity index (χ0v) is 15.3. The smallest absolute Gasteiger partial charge is 0.279 e. The molecular formula is C18H18Cl2FN2O2+. The molecule has 0 aliphatic heterocycles. The molecule has 1 atom stereocenters. The van der Waals surface area contributed by atoms with E-state index in [4.69, 9.17) is 23.2 Å². The van der Waals surface area contributed by atoms with Crippen LogP contribution in [0.1, 0.15) is 35.8 Å². The number of Topliss-reactive ketones (excluding diaryl/α,β-unsaturated/α-hetero) is 1. The van der Waals surface area contributed by atoms with Gasteiger partial charge in [0, 0.05) is 11.1 Å². The van der Waals surface area contributed by atoms with Crippen molar-refractivity contribution in [2.75, 3.05) is 11.9 Å². The van der Waals surface area contributed by atoms with Gasteiger partial charge in [-0.25, -0.2) is 4.39 Å². The van der Waals surface area contributed by atoms with Crippen molar-refractivity contribution in [3.05, 3.63) is 63.4 Å². The predicted octanol–water partition coefficient (Wildman–Crippen LogP) is 3.60. The Hall–Kier alpha value is -1.95. The molecule has 0 aliphatic carbocycles. The van der Waals surface area contributed by atoms with E-state index in [1.807, 2.05) is 6.92 Å². The maximum atomic E-state index is 13.6. The lowest BCUT2D eigenvalue weighted by Gasteiger charge is -2.14. The van der Waals surface area contributed by atoms with Gasteiger partial charge in [0.05, 0.1) is 15.7 Å². The highest BCUT2D eigenvalue weighted by molar-refractivity contribution is 6.35. The first-order valence-corrected chi connectivity index (χ1v) is 8.42. The van der Waals surface area contributed by atoms with Crippen LogP contribution in [0.15, 0.2) is 36.4 Å². The van der Waals surface area contributed by atoms with Crippen molar-refractivity contribution >= 4 is 40.6 Å². The molecule has 2 rings (SSSR count). The number of benzene rings is 2. The summed E-state index contributed by atoms with van der Waals surface area (Å²) in [5.41, 5.74) is 1.48. The highest BCUT2D eigenvalue weighted by atomic mass is 35.5. The van der Waals surface area contributed by atoms with Gasteiger partial charge in [-0.3, -0.25) is 9.59 Å². The van der Waals surface area contributed by atoms with E-state index >= 15 is 0 Å². The van der Waals surface area contributed by atoms with Crippen LogP contribution in [0.2, 0.25) is 10.0 Å². The van der Waals surface area contributed by atoms with Crippen molar-refractivity contribution in [2.45, 2.75) is 19.9 Å². The van der Waals surface area contributed by atoms with E-state index in [0.717, 1.165) is 0 Å². The molecule has 0 unspecified atom stereocenters. The molecule has 0 fully saturated rings. The van der Waals surface area contributed by atoms with E-state index in [1.54, 1.807) is 29.6 Å². The highest BCUT2D eigenvalue weighted by Gasteiger charge is 2.18. The number of anilines is 1. The Bertz CT molecular complexity index is 812. The summed E-state index contributed by atoms with van der Waals surface area (Å²) in [6.07, 6.45) is 0. The lowest BCUT2D eigenvalue weighted by molar-refractivity contribution is -0.682. The van der Waals surface area contributed by atoms with Gasteiger partial charge >= 0.3 is 0 Å². The van der Waals surface area contributed by atoms with E-state index in [-0.39, 0.29) is 29.3 Å². The molecule has 132 valence electrons. The van der Waals surface area contributed by atoms with Crippen molar-refractivity contribution in [3.63, 3.8) is 0 Å². The topological polar surface area (TPSA) is 62.8 Å². The van der Waals surface area contributed by atoms with Crippen LogP contribution < -0.4 is 10.6 Å². The van der Waals surface area contributed by atoms with Gasteiger partial charge in [0.2, 0.25) is 0 Å². The number of hydrogen-bond donors (Lipinski definition) is 2. The third kappa shape index (κ3) is 5.01. The monoisotopic (exact) mass is 383 g/mol. The summed E-state index contributed by atoms with van der Waals surface area (Å²) in [6, 6.07) is 9.18. The summed E-state index contributed by atoms with van der Waals surface area (Å²) < 4.78 is 13.6. The molecule has 0 aliphatic rings. The SMILES string of the molecule is CC(=O)c1ccccc1NC(=O)C[NH2+][C@H](C)c1cc(F)c(Cl)cc1Cl. The lowest BCUT2D eigenvalue weighted by atomic mass is 10.1. The van der Waals surface area contributed by atoms with E-state index in [0.29, 0.717) is 21.8 Å². The molecule has 7 heteroatoms. The molecule has 0 aromatic heterocycles. The Morgan fingerprint density at radius 2 is 1.88 bits per heavy atom. The number of nitrogens with one attached hydrogen (secondary N) is 1. The largest absolute Gasteiger partial charge is 0.332 e. The Balaban J connectivity index is 2.01. The third-order valence-corrected chi connectivity index (χ3v) is 4.38. The molecule has 0 heterocycles. The number of carbonyl (C=O) groups is 2. The minimum atomic E-state index is -0.554. The second kappa shape index (κ2) is 8.43. The average Bonchev–Trinajstić information content (AvgIpc) is 2.56. The number of halogens is 3. The number of carbonyl (C=O) groups excluding carboxylic acids is 2. The molecular weight excluding hydrogens is 366 g/mol. The molecule has 0 spiro atoms. The van der Waals surface area contributed by atoms with Crippen molar-refractivity contribution in [3.8, 4) is 0 Å². The fraction of sp³-hybridized carbons (Fsp3) is 0.222. The molecule has 2 aromatic carbocycles. The van der Waals surface area contributed by atoms with Crippen LogP contribution in [0.3, 0.4) is 0 Å². The Morgan fingerprint density at radius 3 is 2.56 bits per heavy atom. The molecule has 25 heavy (non-hydrogen) atoms. The quantitative estimate of drug-likeness (QED) is 0.591. The van der Waals surface area contributed by atoms with E-state index < -0.39 is 5.82 Å². The summed E-state index contributed by atoms with van der Waals surface area (Å²) in [5, 5.41) is 4.74. The second-order valence-electron chi connectivity index (χ2n) is 5.67. The first kappa shape index (κ1) is 19.4. The maximum Gasteiger partial charge on any atom is 0.279 e. The van der Waals surface area contributed by atoms with Crippen LogP contribution in [0, 0.1) is 5.82 Å². The molecule has 0 saturated carbocycles. The lowest BCUT2D eigenvalue weighted by Crippen LogP contribution is -2.86. The van der Waals surface area contributed by atoms with Crippen LogP contribution >= 0.6 is 23.2 Å². The van der Waals surface area contributed by atoms with Crippen molar-refractivity contribution < 1.29 is 19.3 Å². The van der Waals surface area contributed by atoms with Crippen LogP contribution in [0.4, 0.5) is 10.1 Å². The van der Waals surface area contributed by atoms with E-state index in [9.17, 15) is 14.0 Å². The maximum absolute atomic E-state index is 13.6. The predicted molar refractivity (Wildman–Crippen MR) is 96.7 cm³/mol. The van der Waals surface area contributed by atoms with Gasteiger partial charge in [0.1, 0.15) is 11.9 Å². The minimum absolute atomic E-state index is 0.0421. The van der Waals surface area contributed by atoms with Crippen molar-refractivity contribution in [2.24, 2.45) is 0 Å². The normalized spacial score (nSPS) is 11.9. The van der Waals surface area contributed by atoms with Gasteiger partial charge in [0.15, 0.2) is 12.3 Å². The Kier molecular flexibility index (Phi) is 6.53. The second-order valence-corrected chi connectivity index (χ2v) is 6.48. The van der Waals surface area contributed by atoms with E-state index in [2.05, 4.69) is 5.32 Å². The number of amides is 1. The number of rotatable bonds is 6. The molecule has 2 aromatic rings. The summed E-state index contributed by atoms with van der Waals surface area (Å²) in [4.78, 5) is 23.7. The van der Waals surface area contributed by atoms with Gasteiger partial charge in [-0.05, 0) is 38.1 Å². The van der Waals surface area contributed by atoms with Crippen LogP contribution in [0.5, 0.6) is 0 Å². The van der Waals surface area contributed by atoms with Crippen molar-refractivity contribution in [1.82, 2.24) is 0 Å². The van der Waals surface area contributed by atoms with Crippen LogP contribution in [-0.2, 0) is 4.79 Å². The number of quaternary nitrogens is 1. The Morgan fingerprint density at radius 1 is 1.20 bits per heavy atom. The molecule has 3 N–H and O–H groups in total. The molecule has 4 nitrogen and oxygen atoms in total. The first-order valence-electron chi connectivity index (χ1n) is 7.67. The number of hydrogen-bond acceptors (Lipinski definition) is 2. The minimum Gasteiger partial charge on any atom is -0.332 e. The zero-order chi connectivity index (χ0) is 18.6. The summed E-state index contributed by atoms with van der Waals surface area (Å²) >= 11 is 11.8. The van der Waals surface area contributed by atoms with Gasteiger partial charge in [0.25, 0.3) is 5.91 Å². The summed E-state index contributed by atoms with van der Waals surface area (Å²) in [5.74, 6) is -0.955. The highest BCUT2D eigenvalue weighted by Crippen LogP contribution is 2.27. The van der Waals surface area contributed by atoms with Gasteiger partial charge in [-0.15, -0.1) is 0 Å². The van der Waals surface area contributed by atoms with Gasteiger partial charge < -0.3 is 10.6 Å². The van der Waals surface area contributed by atoms with Crippen LogP contribution in [0.25, 0.3) is 0 Å². The Labute approximate surface area is 155 Å².